The molecule has 1 atom stereocenters. The van der Waals surface area contributed by atoms with Crippen LogP contribution in [0.2, 0.25) is 0 Å². The molecular formula is C20H27ClN2O2. The Kier molecular flexibility index (Phi) is 7.56. The molecule has 1 saturated heterocycles. The monoisotopic (exact) mass is 362 g/mol. The molecule has 5 heteroatoms. The van der Waals surface area contributed by atoms with Crippen LogP contribution in [-0.4, -0.2) is 55.4 Å². The van der Waals surface area contributed by atoms with E-state index in [0.29, 0.717) is 13.2 Å². The molecule has 1 fully saturated rings. The van der Waals surface area contributed by atoms with Gasteiger partial charge in [0.1, 0.15) is 18.5 Å². The van der Waals surface area contributed by atoms with Crippen LogP contribution in [0, 0.1) is 6.92 Å². The summed E-state index contributed by atoms with van der Waals surface area (Å²) in [6, 6.07) is 18.4. The summed E-state index contributed by atoms with van der Waals surface area (Å²) in [6.07, 6.45) is -0.465. The molecule has 0 aromatic heterocycles. The van der Waals surface area contributed by atoms with Crippen molar-refractivity contribution in [3.05, 3.63) is 60.2 Å². The minimum absolute atomic E-state index is 0. The van der Waals surface area contributed by atoms with Crippen LogP contribution < -0.4 is 9.64 Å². The van der Waals surface area contributed by atoms with Crippen LogP contribution in [0.25, 0.3) is 0 Å². The second kappa shape index (κ2) is 9.66. The maximum absolute atomic E-state index is 10.3. The number of aliphatic hydroxyl groups excluding tert-OH is 1. The van der Waals surface area contributed by atoms with Gasteiger partial charge in [0.05, 0.1) is 0 Å². The number of halogens is 1. The molecule has 4 nitrogen and oxygen atoms in total. The average Bonchev–Trinajstić information content (AvgIpc) is 2.62. The van der Waals surface area contributed by atoms with Gasteiger partial charge in [-0.3, -0.25) is 4.90 Å². The predicted molar refractivity (Wildman–Crippen MR) is 105 cm³/mol. The number of nitrogens with zero attached hydrogens (tertiary/aromatic N) is 2. The van der Waals surface area contributed by atoms with Gasteiger partial charge in [-0.2, -0.15) is 0 Å². The zero-order valence-corrected chi connectivity index (χ0v) is 15.5. The third-order valence-electron chi connectivity index (χ3n) is 4.49. The van der Waals surface area contributed by atoms with Gasteiger partial charge in [-0.25, -0.2) is 0 Å². The summed E-state index contributed by atoms with van der Waals surface area (Å²) in [4.78, 5) is 4.71. The van der Waals surface area contributed by atoms with Crippen molar-refractivity contribution in [3.63, 3.8) is 0 Å². The van der Waals surface area contributed by atoms with Crippen molar-refractivity contribution < 1.29 is 9.84 Å². The van der Waals surface area contributed by atoms with E-state index in [1.54, 1.807) is 0 Å². The maximum Gasteiger partial charge on any atom is 0.122 e. The number of aliphatic hydroxyl groups is 1. The Hall–Kier alpha value is -1.75. The molecule has 2 aromatic carbocycles. The Morgan fingerprint density at radius 1 is 0.960 bits per heavy atom. The fraction of sp³-hybridized carbons (Fsp3) is 0.400. The van der Waals surface area contributed by atoms with E-state index < -0.39 is 6.10 Å². The number of ether oxygens (including phenoxy) is 1. The first-order valence-corrected chi connectivity index (χ1v) is 8.61. The fourth-order valence-corrected chi connectivity index (χ4v) is 3.08. The van der Waals surface area contributed by atoms with Gasteiger partial charge in [-0.1, -0.05) is 36.4 Å². The molecule has 3 rings (SSSR count). The highest BCUT2D eigenvalue weighted by molar-refractivity contribution is 5.85. The highest BCUT2D eigenvalue weighted by Crippen LogP contribution is 2.17. The topological polar surface area (TPSA) is 35.9 Å². The first-order chi connectivity index (χ1) is 11.7. The number of hydrogen-bond acceptors (Lipinski definition) is 4. The summed E-state index contributed by atoms with van der Waals surface area (Å²) in [5.41, 5.74) is 2.38. The lowest BCUT2D eigenvalue weighted by Gasteiger charge is -2.36. The molecule has 1 aliphatic heterocycles. The van der Waals surface area contributed by atoms with E-state index in [0.717, 1.165) is 37.5 Å². The molecule has 0 saturated carbocycles. The predicted octanol–water partition coefficient (Wildman–Crippen LogP) is 2.98. The summed E-state index contributed by atoms with van der Waals surface area (Å²) >= 11 is 0. The van der Waals surface area contributed by atoms with E-state index in [9.17, 15) is 5.11 Å². The van der Waals surface area contributed by atoms with Crippen molar-refractivity contribution in [3.8, 4) is 5.75 Å². The molecule has 1 N–H and O–H groups in total. The van der Waals surface area contributed by atoms with Gasteiger partial charge in [0.15, 0.2) is 0 Å². The quantitative estimate of drug-likeness (QED) is 0.857. The highest BCUT2D eigenvalue weighted by atomic mass is 35.5. The fourth-order valence-electron chi connectivity index (χ4n) is 3.08. The van der Waals surface area contributed by atoms with E-state index in [-0.39, 0.29) is 12.4 Å². The number of hydrogen-bond donors (Lipinski definition) is 1. The number of benzene rings is 2. The number of para-hydroxylation sites is 2. The van der Waals surface area contributed by atoms with Gasteiger partial charge in [-0.05, 0) is 30.7 Å². The summed E-state index contributed by atoms with van der Waals surface area (Å²) in [5, 5.41) is 10.3. The second-order valence-corrected chi connectivity index (χ2v) is 6.35. The minimum atomic E-state index is -0.465. The Morgan fingerprint density at radius 3 is 2.28 bits per heavy atom. The molecule has 0 bridgehead atoms. The lowest BCUT2D eigenvalue weighted by molar-refractivity contribution is 0.0661. The number of anilines is 1. The van der Waals surface area contributed by atoms with Crippen molar-refractivity contribution in [1.82, 2.24) is 4.90 Å². The SMILES string of the molecule is Cc1ccccc1OCC(O)CN1CCN(c2ccccc2)CC1.Cl. The Morgan fingerprint density at radius 2 is 1.60 bits per heavy atom. The molecular weight excluding hydrogens is 336 g/mol. The van der Waals surface area contributed by atoms with Crippen molar-refractivity contribution >= 4 is 18.1 Å². The van der Waals surface area contributed by atoms with Crippen LogP contribution in [0.15, 0.2) is 54.6 Å². The van der Waals surface area contributed by atoms with Crippen LogP contribution in [0.1, 0.15) is 5.56 Å². The lowest BCUT2D eigenvalue weighted by atomic mass is 10.2. The van der Waals surface area contributed by atoms with Gasteiger partial charge in [0.2, 0.25) is 0 Å². The molecule has 1 aliphatic rings. The number of β-amino-alcohol motifs (C(OH)–C–C–N with tert-alkyl or cyclic N) is 1. The molecule has 2 aromatic rings. The second-order valence-electron chi connectivity index (χ2n) is 6.35. The van der Waals surface area contributed by atoms with Gasteiger partial charge >= 0.3 is 0 Å². The van der Waals surface area contributed by atoms with Crippen LogP contribution in [0.4, 0.5) is 5.69 Å². The normalized spacial score (nSPS) is 16.2. The van der Waals surface area contributed by atoms with E-state index in [2.05, 4.69) is 34.1 Å². The first kappa shape index (κ1) is 19.6. The lowest BCUT2D eigenvalue weighted by Crippen LogP contribution is -2.49. The van der Waals surface area contributed by atoms with Gasteiger partial charge < -0.3 is 14.7 Å². The molecule has 0 amide bonds. The first-order valence-electron chi connectivity index (χ1n) is 8.61. The molecule has 1 heterocycles. The third kappa shape index (κ3) is 5.63. The Labute approximate surface area is 156 Å². The zero-order chi connectivity index (χ0) is 16.8. The van der Waals surface area contributed by atoms with Gasteiger partial charge in [0.25, 0.3) is 0 Å². The van der Waals surface area contributed by atoms with Crippen LogP contribution in [0.3, 0.4) is 0 Å². The van der Waals surface area contributed by atoms with E-state index in [4.69, 9.17) is 4.74 Å². The van der Waals surface area contributed by atoms with Crippen LogP contribution in [0.5, 0.6) is 5.75 Å². The highest BCUT2D eigenvalue weighted by Gasteiger charge is 2.19. The molecule has 0 aliphatic carbocycles. The zero-order valence-electron chi connectivity index (χ0n) is 14.7. The Bertz CT molecular complexity index is 631. The molecule has 1 unspecified atom stereocenters. The molecule has 0 radical (unpaired) electrons. The summed E-state index contributed by atoms with van der Waals surface area (Å²) in [7, 11) is 0. The van der Waals surface area contributed by atoms with Gasteiger partial charge in [0, 0.05) is 38.4 Å². The molecule has 25 heavy (non-hydrogen) atoms. The Balaban J connectivity index is 0.00000225. The summed E-state index contributed by atoms with van der Waals surface area (Å²) < 4.78 is 5.74. The van der Waals surface area contributed by atoms with Crippen LogP contribution in [-0.2, 0) is 0 Å². The number of piperazine rings is 1. The maximum atomic E-state index is 10.3. The number of aryl methyl sites for hydroxylation is 1. The van der Waals surface area contributed by atoms with Gasteiger partial charge in [-0.15, -0.1) is 12.4 Å². The van der Waals surface area contributed by atoms with Crippen molar-refractivity contribution in [2.45, 2.75) is 13.0 Å². The average molecular weight is 363 g/mol. The largest absolute Gasteiger partial charge is 0.491 e. The molecule has 0 spiro atoms. The summed E-state index contributed by atoms with van der Waals surface area (Å²) in [5.74, 6) is 0.852. The van der Waals surface area contributed by atoms with Crippen LogP contribution >= 0.6 is 12.4 Å². The van der Waals surface area contributed by atoms with Crippen molar-refractivity contribution in [2.75, 3.05) is 44.2 Å². The third-order valence-corrected chi connectivity index (χ3v) is 4.49. The standard InChI is InChI=1S/C20H26N2O2.ClH/c1-17-7-5-6-10-20(17)24-16-19(23)15-21-11-13-22(14-12-21)18-8-3-2-4-9-18;/h2-10,19,23H,11-16H2,1H3;1H. The van der Waals surface area contributed by atoms with Crippen molar-refractivity contribution in [2.24, 2.45) is 0 Å². The van der Waals surface area contributed by atoms with E-state index >= 15 is 0 Å². The minimum Gasteiger partial charge on any atom is -0.491 e. The van der Waals surface area contributed by atoms with E-state index in [1.807, 2.05) is 37.3 Å². The number of rotatable bonds is 6. The van der Waals surface area contributed by atoms with E-state index in [1.165, 1.54) is 5.69 Å². The smallest absolute Gasteiger partial charge is 0.122 e. The molecule has 136 valence electrons. The van der Waals surface area contributed by atoms with Crippen molar-refractivity contribution in [1.29, 1.82) is 0 Å². The summed E-state index contributed by atoms with van der Waals surface area (Å²) in [6.45, 7) is 6.94.